The van der Waals surface area contributed by atoms with E-state index in [0.29, 0.717) is 24.2 Å². The van der Waals surface area contributed by atoms with Gasteiger partial charge in [0.2, 0.25) is 0 Å². The fourth-order valence-electron chi connectivity index (χ4n) is 5.61. The smallest absolute Gasteiger partial charge is 0.149 e. The number of ketones is 1. The number of sulfone groups is 2. The molecule has 0 aliphatic rings. The van der Waals surface area contributed by atoms with Crippen molar-refractivity contribution in [3.8, 4) is 0 Å². The molecule has 11 heteroatoms. The average Bonchev–Trinajstić information content (AvgIpc) is 3.48. The third-order valence-corrected chi connectivity index (χ3v) is 9.89. The molecule has 9 nitrogen and oxygen atoms in total. The number of aromatic nitrogens is 2. The summed E-state index contributed by atoms with van der Waals surface area (Å²) in [4.78, 5) is 14.3. The van der Waals surface area contributed by atoms with Crippen LogP contribution in [0.2, 0.25) is 0 Å². The predicted molar refractivity (Wildman–Crippen MR) is 180 cm³/mol. The number of hydrogen-bond donors (Lipinski definition) is 2. The molecule has 4 N–H and O–H groups in total. The highest BCUT2D eigenvalue weighted by atomic mass is 32.2. The van der Waals surface area contributed by atoms with Crippen molar-refractivity contribution in [3.05, 3.63) is 72.1 Å². The maximum atomic E-state index is 14.3. The van der Waals surface area contributed by atoms with Crippen molar-refractivity contribution >= 4 is 47.3 Å². The summed E-state index contributed by atoms with van der Waals surface area (Å²) < 4.78 is 54.7. The minimum Gasteiger partial charge on any atom is -0.347 e. The number of Topliss-reactive ketones (excluding diaryl/α,β-unsaturated/α-hetero) is 1. The fourth-order valence-corrected chi connectivity index (χ4v) is 7.54. The van der Waals surface area contributed by atoms with Crippen LogP contribution in [0.25, 0.3) is 21.8 Å². The van der Waals surface area contributed by atoms with Gasteiger partial charge in [-0.1, -0.05) is 12.1 Å². The molecule has 0 amide bonds. The molecule has 240 valence electrons. The molecule has 2 heterocycles. The largest absolute Gasteiger partial charge is 0.347 e. The number of carbonyl (C=O) groups excluding carboxylic acids is 1. The van der Waals surface area contributed by atoms with Crippen molar-refractivity contribution in [2.45, 2.75) is 76.5 Å². The third-order valence-electron chi connectivity index (χ3n) is 8.01. The molecule has 2 atom stereocenters. The van der Waals surface area contributed by atoms with Gasteiger partial charge in [-0.15, -0.1) is 0 Å². The highest BCUT2D eigenvalue weighted by Gasteiger charge is 2.34. The molecular weight excluding hydrogens is 597 g/mol. The van der Waals surface area contributed by atoms with Gasteiger partial charge in [0.15, 0.2) is 0 Å². The Hall–Kier alpha value is -2.99. The number of carbonyl (C=O) groups is 1. The standard InChI is InChI=1S/C33H46N4O5S2/c1-32(2,34)13-17-36-15-11-25-19-23(7-9-29(25)36)27(21-43(5,39)40)31(38)28(22-44(6,41)42)24-8-10-30-26(20-24)12-16-37(30)18-14-33(3,4)35/h7-12,15-16,19-20,27-28H,13-14,17-18,21-22,34-35H2,1-6H3. The second kappa shape index (κ2) is 12.4. The molecular formula is C33H46N4O5S2. The molecule has 2 aromatic carbocycles. The van der Waals surface area contributed by atoms with E-state index in [2.05, 4.69) is 9.13 Å². The van der Waals surface area contributed by atoms with Crippen LogP contribution in [-0.4, -0.2) is 66.8 Å². The van der Waals surface area contributed by atoms with Gasteiger partial charge >= 0.3 is 0 Å². The Balaban J connectivity index is 1.73. The van der Waals surface area contributed by atoms with Gasteiger partial charge in [0.25, 0.3) is 0 Å². The fraction of sp³-hybridized carbons (Fsp3) is 0.485. The van der Waals surface area contributed by atoms with Gasteiger partial charge < -0.3 is 20.6 Å². The molecule has 44 heavy (non-hydrogen) atoms. The van der Waals surface area contributed by atoms with Crippen molar-refractivity contribution in [1.29, 1.82) is 0 Å². The monoisotopic (exact) mass is 642 g/mol. The molecule has 0 aliphatic carbocycles. The maximum absolute atomic E-state index is 14.3. The van der Waals surface area contributed by atoms with Gasteiger partial charge in [-0.3, -0.25) is 4.79 Å². The van der Waals surface area contributed by atoms with Crippen LogP contribution in [0, 0.1) is 0 Å². The number of rotatable bonds is 14. The molecule has 0 fully saturated rings. The van der Waals surface area contributed by atoms with Crippen molar-refractivity contribution in [1.82, 2.24) is 9.13 Å². The van der Waals surface area contributed by atoms with Crippen LogP contribution in [0.15, 0.2) is 60.9 Å². The highest BCUT2D eigenvalue weighted by Crippen LogP contribution is 2.33. The summed E-state index contributed by atoms with van der Waals surface area (Å²) in [5.74, 6) is -3.37. The first kappa shape index (κ1) is 33.9. The molecule has 2 aromatic heterocycles. The molecule has 0 bridgehead atoms. The first-order valence-corrected chi connectivity index (χ1v) is 19.0. The first-order valence-electron chi connectivity index (χ1n) is 14.8. The van der Waals surface area contributed by atoms with E-state index in [4.69, 9.17) is 11.5 Å². The van der Waals surface area contributed by atoms with E-state index in [1.54, 1.807) is 12.1 Å². The quantitative estimate of drug-likeness (QED) is 0.208. The lowest BCUT2D eigenvalue weighted by molar-refractivity contribution is -0.121. The summed E-state index contributed by atoms with van der Waals surface area (Å²) in [6.45, 7) is 9.31. The van der Waals surface area contributed by atoms with Crippen molar-refractivity contribution < 1.29 is 21.6 Å². The molecule has 4 aromatic rings. The molecule has 0 spiro atoms. The number of benzene rings is 2. The third kappa shape index (κ3) is 9.03. The highest BCUT2D eigenvalue weighted by molar-refractivity contribution is 7.91. The minimum atomic E-state index is -3.60. The van der Waals surface area contributed by atoms with Crippen molar-refractivity contribution in [2.24, 2.45) is 11.5 Å². The van der Waals surface area contributed by atoms with Crippen molar-refractivity contribution in [3.63, 3.8) is 0 Å². The van der Waals surface area contributed by atoms with E-state index in [1.807, 2.05) is 76.5 Å². The lowest BCUT2D eigenvalue weighted by Gasteiger charge is -2.23. The van der Waals surface area contributed by atoms with Crippen molar-refractivity contribution in [2.75, 3.05) is 24.0 Å². The number of aryl methyl sites for hydroxylation is 2. The molecule has 2 unspecified atom stereocenters. The Morgan fingerprint density at radius 1 is 0.682 bits per heavy atom. The molecule has 4 rings (SSSR count). The van der Waals surface area contributed by atoms with E-state index in [0.717, 1.165) is 47.2 Å². The minimum absolute atomic E-state index is 0.328. The topological polar surface area (TPSA) is 147 Å². The Morgan fingerprint density at radius 2 is 1.05 bits per heavy atom. The molecule has 0 radical (unpaired) electrons. The summed E-state index contributed by atoms with van der Waals surface area (Å²) in [6.07, 6.45) is 7.63. The summed E-state index contributed by atoms with van der Waals surface area (Å²) in [7, 11) is -7.20. The van der Waals surface area contributed by atoms with Gasteiger partial charge in [-0.25, -0.2) is 16.8 Å². The van der Waals surface area contributed by atoms with E-state index >= 15 is 0 Å². The van der Waals surface area contributed by atoms with Crippen LogP contribution in [0.4, 0.5) is 0 Å². The van der Waals surface area contributed by atoms with Crippen LogP contribution in [0.5, 0.6) is 0 Å². The summed E-state index contributed by atoms with van der Waals surface area (Å²) in [5, 5.41) is 1.73. The van der Waals surface area contributed by atoms with Crippen LogP contribution < -0.4 is 11.5 Å². The van der Waals surface area contributed by atoms with Gasteiger partial charge in [0.05, 0.1) is 23.3 Å². The van der Waals surface area contributed by atoms with Gasteiger partial charge in [0.1, 0.15) is 25.5 Å². The molecule has 0 saturated heterocycles. The van der Waals surface area contributed by atoms with E-state index in [1.165, 1.54) is 0 Å². The second-order valence-electron chi connectivity index (χ2n) is 13.8. The van der Waals surface area contributed by atoms with Crippen LogP contribution in [-0.2, 0) is 37.6 Å². The van der Waals surface area contributed by atoms with Crippen LogP contribution >= 0.6 is 0 Å². The van der Waals surface area contributed by atoms with Gasteiger partial charge in [-0.05, 0) is 98.8 Å². The number of fused-ring (bicyclic) bond motifs is 2. The zero-order valence-electron chi connectivity index (χ0n) is 26.6. The van der Waals surface area contributed by atoms with E-state index < -0.39 is 48.8 Å². The first-order chi connectivity index (χ1) is 20.2. The van der Waals surface area contributed by atoms with Crippen LogP contribution in [0.3, 0.4) is 0 Å². The Kier molecular flexibility index (Phi) is 9.57. The zero-order chi connectivity index (χ0) is 32.7. The number of nitrogens with zero attached hydrogens (tertiary/aromatic N) is 2. The normalized spacial score (nSPS) is 14.7. The lowest BCUT2D eigenvalue weighted by Crippen LogP contribution is -2.33. The molecule has 0 aliphatic heterocycles. The zero-order valence-corrected chi connectivity index (χ0v) is 28.2. The summed E-state index contributed by atoms with van der Waals surface area (Å²) in [6, 6.07) is 14.9. The van der Waals surface area contributed by atoms with Gasteiger partial charge in [-0.2, -0.15) is 0 Å². The summed E-state index contributed by atoms with van der Waals surface area (Å²) >= 11 is 0. The van der Waals surface area contributed by atoms with E-state index in [9.17, 15) is 21.6 Å². The number of hydrogen-bond acceptors (Lipinski definition) is 7. The van der Waals surface area contributed by atoms with E-state index in [-0.39, 0.29) is 11.1 Å². The van der Waals surface area contributed by atoms with Gasteiger partial charge in [0, 0.05) is 60.1 Å². The summed E-state index contributed by atoms with van der Waals surface area (Å²) in [5.41, 5.74) is 14.7. The Morgan fingerprint density at radius 3 is 1.36 bits per heavy atom. The second-order valence-corrected chi connectivity index (χ2v) is 18.2. The lowest BCUT2D eigenvalue weighted by atomic mass is 9.85. The maximum Gasteiger partial charge on any atom is 0.149 e. The number of nitrogens with two attached hydrogens (primary N) is 2. The SMILES string of the molecule is CC(C)(N)CCn1ccc2cc(C(CS(C)(=O)=O)C(=O)C(CS(C)(=O)=O)c3ccc4c(ccn4CCC(C)(C)N)c3)ccc21. The van der Waals surface area contributed by atoms with Crippen LogP contribution in [0.1, 0.15) is 63.5 Å². The predicted octanol–water partition coefficient (Wildman–Crippen LogP) is 4.38. The Bertz CT molecular complexity index is 1740. The average molecular weight is 643 g/mol. The molecule has 0 saturated carbocycles. The Labute approximate surface area is 261 Å².